The van der Waals surface area contributed by atoms with E-state index in [2.05, 4.69) is 34.0 Å². The van der Waals surface area contributed by atoms with Crippen molar-refractivity contribution < 1.29 is 0 Å². The number of likely N-dealkylation sites (tertiary alicyclic amines) is 1. The molecule has 0 aromatic carbocycles. The third-order valence-electron chi connectivity index (χ3n) is 4.12. The third kappa shape index (κ3) is 2.90. The highest BCUT2D eigenvalue weighted by Gasteiger charge is 2.31. The predicted molar refractivity (Wildman–Crippen MR) is 73.5 cm³/mol. The third-order valence-corrected chi connectivity index (χ3v) is 4.82. The molecule has 2 heterocycles. The molecule has 2 nitrogen and oxygen atoms in total. The Morgan fingerprint density at radius 1 is 1.29 bits per heavy atom. The Hall–Kier alpha value is -0.380. The van der Waals surface area contributed by atoms with Gasteiger partial charge in [-0.15, -0.1) is 0 Å². The van der Waals surface area contributed by atoms with Gasteiger partial charge in [-0.25, -0.2) is 0 Å². The highest BCUT2D eigenvalue weighted by molar-refractivity contribution is 7.07. The molecule has 1 aliphatic carbocycles. The van der Waals surface area contributed by atoms with E-state index in [1.54, 1.807) is 11.3 Å². The van der Waals surface area contributed by atoms with Crippen LogP contribution in [0.4, 0.5) is 0 Å². The zero-order valence-electron chi connectivity index (χ0n) is 10.6. The number of hydrogen-bond acceptors (Lipinski definition) is 3. The van der Waals surface area contributed by atoms with Gasteiger partial charge in [-0.3, -0.25) is 0 Å². The van der Waals surface area contributed by atoms with Crippen LogP contribution < -0.4 is 5.32 Å². The van der Waals surface area contributed by atoms with Crippen molar-refractivity contribution in [1.82, 2.24) is 10.2 Å². The Morgan fingerprint density at radius 3 is 2.65 bits per heavy atom. The second kappa shape index (κ2) is 5.09. The molecule has 2 aliphatic rings. The topological polar surface area (TPSA) is 15.3 Å². The summed E-state index contributed by atoms with van der Waals surface area (Å²) < 4.78 is 0. The van der Waals surface area contributed by atoms with Crippen LogP contribution in [0.25, 0.3) is 0 Å². The van der Waals surface area contributed by atoms with Crippen molar-refractivity contribution in [3.8, 4) is 0 Å². The van der Waals surface area contributed by atoms with Crippen LogP contribution >= 0.6 is 11.3 Å². The van der Waals surface area contributed by atoms with Gasteiger partial charge in [0.05, 0.1) is 0 Å². The van der Waals surface area contributed by atoms with E-state index in [-0.39, 0.29) is 0 Å². The van der Waals surface area contributed by atoms with Crippen LogP contribution in [-0.4, -0.2) is 30.1 Å². The van der Waals surface area contributed by atoms with Crippen LogP contribution in [0.5, 0.6) is 0 Å². The van der Waals surface area contributed by atoms with Crippen LogP contribution in [0.3, 0.4) is 0 Å². The molecule has 1 saturated carbocycles. The standard InChI is InChI=1S/C14H22N2S/c1-11(12-6-9-17-10-12)15-13-4-7-16(8-5-13)14-2-3-14/h6,9-11,13-15H,2-5,7-8H2,1H3. The van der Waals surface area contributed by atoms with Crippen molar-refractivity contribution in [2.24, 2.45) is 0 Å². The summed E-state index contributed by atoms with van der Waals surface area (Å²) in [5, 5.41) is 8.21. The molecule has 0 spiro atoms. The van der Waals surface area contributed by atoms with Crippen LogP contribution in [0.1, 0.15) is 44.2 Å². The lowest BCUT2D eigenvalue weighted by atomic mass is 10.0. The second-order valence-corrected chi connectivity index (χ2v) is 6.27. The SMILES string of the molecule is CC(NC1CCN(C2CC2)CC1)c1ccsc1. The quantitative estimate of drug-likeness (QED) is 0.883. The fourth-order valence-electron chi connectivity index (χ4n) is 2.84. The molecule has 1 aliphatic heterocycles. The average molecular weight is 250 g/mol. The fourth-order valence-corrected chi connectivity index (χ4v) is 3.60. The molecule has 0 bridgehead atoms. The lowest BCUT2D eigenvalue weighted by Gasteiger charge is -2.34. The molecule has 2 fully saturated rings. The van der Waals surface area contributed by atoms with Crippen LogP contribution in [0, 0.1) is 0 Å². The Morgan fingerprint density at radius 2 is 2.06 bits per heavy atom. The van der Waals surface area contributed by atoms with Gasteiger partial charge in [0.15, 0.2) is 0 Å². The lowest BCUT2D eigenvalue weighted by Crippen LogP contribution is -2.43. The van der Waals surface area contributed by atoms with Crippen molar-refractivity contribution in [2.45, 2.75) is 50.7 Å². The van der Waals surface area contributed by atoms with Crippen LogP contribution in [0.2, 0.25) is 0 Å². The van der Waals surface area contributed by atoms with Gasteiger partial charge in [-0.2, -0.15) is 11.3 Å². The number of rotatable bonds is 4. The van der Waals surface area contributed by atoms with E-state index in [9.17, 15) is 0 Å². The molecule has 3 rings (SSSR count). The number of thiophene rings is 1. The maximum atomic E-state index is 3.78. The minimum absolute atomic E-state index is 0.513. The van der Waals surface area contributed by atoms with Gasteiger partial charge >= 0.3 is 0 Å². The fraction of sp³-hybridized carbons (Fsp3) is 0.714. The van der Waals surface area contributed by atoms with Crippen molar-refractivity contribution in [3.05, 3.63) is 22.4 Å². The second-order valence-electron chi connectivity index (χ2n) is 5.49. The summed E-state index contributed by atoms with van der Waals surface area (Å²) in [4.78, 5) is 2.69. The van der Waals surface area contributed by atoms with Crippen molar-refractivity contribution >= 4 is 11.3 Å². The van der Waals surface area contributed by atoms with Gasteiger partial charge in [-0.05, 0) is 68.1 Å². The van der Waals surface area contributed by atoms with Crippen molar-refractivity contribution in [3.63, 3.8) is 0 Å². The molecule has 1 unspecified atom stereocenters. The molecule has 94 valence electrons. The molecule has 1 saturated heterocycles. The van der Waals surface area contributed by atoms with E-state index in [0.29, 0.717) is 6.04 Å². The summed E-state index contributed by atoms with van der Waals surface area (Å²) in [5.74, 6) is 0. The summed E-state index contributed by atoms with van der Waals surface area (Å²) in [7, 11) is 0. The van der Waals surface area contributed by atoms with E-state index in [1.165, 1.54) is 44.3 Å². The van der Waals surface area contributed by atoms with Gasteiger partial charge in [0.2, 0.25) is 0 Å². The number of piperidine rings is 1. The first-order valence-corrected chi connectivity index (χ1v) is 7.79. The van der Waals surface area contributed by atoms with Gasteiger partial charge in [-0.1, -0.05) is 0 Å². The molecular weight excluding hydrogens is 228 g/mol. The maximum absolute atomic E-state index is 3.78. The summed E-state index contributed by atoms with van der Waals surface area (Å²) in [5.41, 5.74) is 1.44. The first-order valence-electron chi connectivity index (χ1n) is 6.85. The van der Waals surface area contributed by atoms with E-state index in [0.717, 1.165) is 12.1 Å². The van der Waals surface area contributed by atoms with E-state index in [4.69, 9.17) is 0 Å². The molecule has 1 aromatic rings. The molecule has 3 heteroatoms. The summed E-state index contributed by atoms with van der Waals surface area (Å²) in [6.07, 6.45) is 5.54. The molecule has 1 N–H and O–H groups in total. The molecule has 17 heavy (non-hydrogen) atoms. The number of nitrogens with one attached hydrogen (secondary N) is 1. The summed E-state index contributed by atoms with van der Waals surface area (Å²) in [6.45, 7) is 4.90. The first kappa shape index (κ1) is 11.7. The minimum Gasteiger partial charge on any atom is -0.307 e. The Kier molecular flexibility index (Phi) is 3.50. The van der Waals surface area contributed by atoms with Crippen LogP contribution in [0.15, 0.2) is 16.8 Å². The molecule has 1 atom stereocenters. The Balaban J connectivity index is 1.46. The number of nitrogens with zero attached hydrogens (tertiary/aromatic N) is 1. The van der Waals surface area contributed by atoms with Gasteiger partial charge in [0.25, 0.3) is 0 Å². The highest BCUT2D eigenvalue weighted by atomic mass is 32.1. The highest BCUT2D eigenvalue weighted by Crippen LogP contribution is 2.29. The summed E-state index contributed by atoms with van der Waals surface area (Å²) in [6, 6.07) is 4.42. The molecule has 1 aromatic heterocycles. The first-order chi connectivity index (χ1) is 8.33. The van der Waals surface area contributed by atoms with Crippen molar-refractivity contribution in [1.29, 1.82) is 0 Å². The van der Waals surface area contributed by atoms with Gasteiger partial charge in [0, 0.05) is 18.1 Å². The van der Waals surface area contributed by atoms with Crippen molar-refractivity contribution in [2.75, 3.05) is 13.1 Å². The normalized spacial score (nSPS) is 25.0. The Bertz CT molecular complexity index is 337. The minimum atomic E-state index is 0.513. The molecule has 0 radical (unpaired) electrons. The lowest BCUT2D eigenvalue weighted by molar-refractivity contribution is 0.184. The van der Waals surface area contributed by atoms with Gasteiger partial charge < -0.3 is 10.2 Å². The van der Waals surface area contributed by atoms with E-state index in [1.807, 2.05) is 0 Å². The van der Waals surface area contributed by atoms with E-state index < -0.39 is 0 Å². The maximum Gasteiger partial charge on any atom is 0.0302 e. The monoisotopic (exact) mass is 250 g/mol. The predicted octanol–water partition coefficient (Wildman–Crippen LogP) is 3.03. The summed E-state index contributed by atoms with van der Waals surface area (Å²) >= 11 is 1.79. The zero-order valence-corrected chi connectivity index (χ0v) is 11.4. The van der Waals surface area contributed by atoms with E-state index >= 15 is 0 Å². The zero-order chi connectivity index (χ0) is 11.7. The number of hydrogen-bond donors (Lipinski definition) is 1. The molecular formula is C14H22N2S. The average Bonchev–Trinajstić information content (AvgIpc) is 3.05. The largest absolute Gasteiger partial charge is 0.307 e. The molecule has 0 amide bonds. The van der Waals surface area contributed by atoms with Crippen LogP contribution in [-0.2, 0) is 0 Å². The Labute approximate surface area is 108 Å². The smallest absolute Gasteiger partial charge is 0.0302 e. The van der Waals surface area contributed by atoms with Gasteiger partial charge in [0.1, 0.15) is 0 Å².